The zero-order chi connectivity index (χ0) is 29.7. The van der Waals surface area contributed by atoms with E-state index in [1.807, 2.05) is 25.1 Å². The molecule has 0 amide bonds. The van der Waals surface area contributed by atoms with Crippen molar-refractivity contribution in [3.63, 3.8) is 0 Å². The Labute approximate surface area is 251 Å². The number of likely N-dealkylation sites (tertiary alicyclic amines) is 1. The molecule has 2 fully saturated rings. The predicted octanol–water partition coefficient (Wildman–Crippen LogP) is 6.88. The number of piperidine rings is 1. The lowest BCUT2D eigenvalue weighted by molar-refractivity contribution is -0.124. The number of rotatable bonds is 11. The number of carbonyl (C=O) groups is 1. The predicted molar refractivity (Wildman–Crippen MR) is 168 cm³/mol. The first-order valence-corrected chi connectivity index (χ1v) is 15.9. The number of ether oxygens (including phenoxy) is 1. The molecule has 1 heterocycles. The number of carbonyl (C=O) groups excluding carboxylic acids is 1. The van der Waals surface area contributed by atoms with E-state index in [-0.39, 0.29) is 29.0 Å². The van der Waals surface area contributed by atoms with Crippen LogP contribution in [0.5, 0.6) is 0 Å². The van der Waals surface area contributed by atoms with Gasteiger partial charge < -0.3 is 21.1 Å². The van der Waals surface area contributed by atoms with E-state index in [4.69, 9.17) is 16.2 Å². The van der Waals surface area contributed by atoms with Gasteiger partial charge in [-0.25, -0.2) is 4.39 Å². The van der Waals surface area contributed by atoms with Gasteiger partial charge in [0, 0.05) is 24.7 Å². The Balaban J connectivity index is 1.27. The van der Waals surface area contributed by atoms with Crippen molar-refractivity contribution in [3.8, 4) is 0 Å². The van der Waals surface area contributed by atoms with E-state index < -0.39 is 0 Å². The Morgan fingerprint density at radius 3 is 2.45 bits per heavy atom. The normalized spacial score (nSPS) is 25.1. The van der Waals surface area contributed by atoms with E-state index >= 15 is 0 Å². The zero-order valence-corrected chi connectivity index (χ0v) is 25.4. The van der Waals surface area contributed by atoms with Gasteiger partial charge in [-0.3, -0.25) is 4.79 Å². The van der Waals surface area contributed by atoms with E-state index in [0.717, 1.165) is 74.1 Å². The number of halogens is 1. The molecule has 42 heavy (non-hydrogen) atoms. The van der Waals surface area contributed by atoms with Gasteiger partial charge in [0.2, 0.25) is 5.78 Å². The largest absolute Gasteiger partial charge is 0.486 e. The van der Waals surface area contributed by atoms with Crippen molar-refractivity contribution in [3.05, 3.63) is 88.6 Å². The molecule has 2 atom stereocenters. The highest BCUT2D eigenvalue weighted by Gasteiger charge is 2.41. The summed E-state index contributed by atoms with van der Waals surface area (Å²) in [6.45, 7) is 6.27. The summed E-state index contributed by atoms with van der Waals surface area (Å²) in [6, 6.07) is 13.4. The molecule has 0 spiro atoms. The second-order valence-corrected chi connectivity index (χ2v) is 13.2. The van der Waals surface area contributed by atoms with Gasteiger partial charge in [0.25, 0.3) is 0 Å². The second-order valence-electron chi connectivity index (χ2n) is 13.2. The van der Waals surface area contributed by atoms with Crippen molar-refractivity contribution in [2.45, 2.75) is 83.6 Å². The maximum atomic E-state index is 14.2. The van der Waals surface area contributed by atoms with Crippen LogP contribution in [-0.2, 0) is 22.4 Å². The lowest BCUT2D eigenvalue weighted by Gasteiger charge is -2.36. The number of aryl methyl sites for hydroxylation is 3. The molecule has 5 rings (SSSR count). The minimum Gasteiger partial charge on any atom is -0.486 e. The molecule has 3 aliphatic rings. The van der Waals surface area contributed by atoms with Crippen LogP contribution in [0.3, 0.4) is 0 Å². The molecule has 4 N–H and O–H groups in total. The fourth-order valence-electron chi connectivity index (χ4n) is 6.54. The van der Waals surface area contributed by atoms with Crippen molar-refractivity contribution in [2.75, 3.05) is 25.4 Å². The molecule has 2 aromatic rings. The number of hydrogen-bond acceptors (Lipinski definition) is 5. The minimum absolute atomic E-state index is 0.0739. The lowest BCUT2D eigenvalue weighted by atomic mass is 9.80. The lowest BCUT2D eigenvalue weighted by Crippen LogP contribution is -2.37. The third-order valence-corrected chi connectivity index (χ3v) is 9.52. The Hall–Kier alpha value is -3.12. The fourth-order valence-corrected chi connectivity index (χ4v) is 6.54. The second kappa shape index (κ2) is 13.5. The number of allylic oxidation sites excluding steroid dienone is 3. The maximum Gasteiger partial charge on any atom is 0.202 e. The van der Waals surface area contributed by atoms with Crippen LogP contribution < -0.4 is 11.5 Å². The number of nitrogen functional groups attached to an aromatic ring is 1. The van der Waals surface area contributed by atoms with Gasteiger partial charge in [0.15, 0.2) is 5.76 Å². The number of ketones is 1. The molecular weight excluding hydrogens is 525 g/mol. The van der Waals surface area contributed by atoms with Gasteiger partial charge in [-0.2, -0.15) is 0 Å². The molecule has 6 heteroatoms. The highest BCUT2D eigenvalue weighted by atomic mass is 19.1. The number of Topliss-reactive ketones (excluding diaryl/α,β-unsaturated/α-hetero) is 1. The highest BCUT2D eigenvalue weighted by Crippen LogP contribution is 2.36. The van der Waals surface area contributed by atoms with Crippen molar-refractivity contribution >= 4 is 11.5 Å². The fraction of sp³-hybridized carbons (Fsp3) is 0.528. The molecule has 2 unspecified atom stereocenters. The van der Waals surface area contributed by atoms with E-state index in [0.29, 0.717) is 31.1 Å². The van der Waals surface area contributed by atoms with Gasteiger partial charge in [-0.05, 0) is 130 Å². The molecular formula is C36H48FN3O2. The van der Waals surface area contributed by atoms with Crippen LogP contribution in [0.2, 0.25) is 0 Å². The quantitative estimate of drug-likeness (QED) is 0.286. The highest BCUT2D eigenvalue weighted by molar-refractivity contribution is 5.96. The molecule has 1 aliphatic heterocycles. The van der Waals surface area contributed by atoms with Crippen molar-refractivity contribution in [2.24, 2.45) is 23.5 Å². The smallest absolute Gasteiger partial charge is 0.202 e. The third-order valence-electron chi connectivity index (χ3n) is 9.52. The van der Waals surface area contributed by atoms with Crippen LogP contribution in [0.25, 0.3) is 0 Å². The first-order valence-electron chi connectivity index (χ1n) is 15.9. The van der Waals surface area contributed by atoms with Gasteiger partial charge in [0.05, 0.1) is 11.2 Å². The number of anilines is 1. The molecule has 5 nitrogen and oxygen atoms in total. The zero-order valence-electron chi connectivity index (χ0n) is 25.4. The van der Waals surface area contributed by atoms with Crippen LogP contribution in [0, 0.1) is 30.5 Å². The SMILES string of the molecule is Cc1cc(F)cc(CCC2C(=O)/C(OCC3(N)CC3)=C(N3CCC(CCCc4ccc(N)cc4)CC3)\C=C\CC2C)c1. The Morgan fingerprint density at radius 1 is 1.02 bits per heavy atom. The first kappa shape index (κ1) is 30.3. The van der Waals surface area contributed by atoms with Crippen LogP contribution >= 0.6 is 0 Å². The Morgan fingerprint density at radius 2 is 1.76 bits per heavy atom. The van der Waals surface area contributed by atoms with E-state index in [1.54, 1.807) is 12.1 Å². The molecule has 0 aromatic heterocycles. The van der Waals surface area contributed by atoms with Crippen molar-refractivity contribution < 1.29 is 13.9 Å². The van der Waals surface area contributed by atoms with E-state index in [2.05, 4.69) is 36.1 Å². The monoisotopic (exact) mass is 573 g/mol. The minimum atomic E-state index is -0.317. The molecule has 0 radical (unpaired) electrons. The summed E-state index contributed by atoms with van der Waals surface area (Å²) in [6.07, 6.45) is 14.0. The number of benzene rings is 2. The standard InChI is InChI=1S/C36H48FN3O2/c1-25-21-29(23-30(37)22-25)11-14-32-26(2)5-3-8-33(35(34(32)41)42-24-36(39)17-18-36)40-19-15-28(16-20-40)7-4-6-27-9-12-31(38)13-10-27/h3,8-10,12-13,21-23,26,28,32H,4-7,11,14-20,24,38-39H2,1-2H3/b8-3+,35-33-. The number of nitrogens with two attached hydrogens (primary N) is 2. The molecule has 1 saturated carbocycles. The molecule has 0 bridgehead atoms. The van der Waals surface area contributed by atoms with Gasteiger partial charge in [0.1, 0.15) is 12.4 Å². The van der Waals surface area contributed by atoms with Crippen molar-refractivity contribution in [1.82, 2.24) is 4.90 Å². The maximum absolute atomic E-state index is 14.2. The Kier molecular flexibility index (Phi) is 9.72. The molecule has 2 aliphatic carbocycles. The number of hydrogen-bond donors (Lipinski definition) is 2. The molecule has 226 valence electrons. The Bertz CT molecular complexity index is 1270. The summed E-state index contributed by atoms with van der Waals surface area (Å²) >= 11 is 0. The molecule has 2 aromatic carbocycles. The summed E-state index contributed by atoms with van der Waals surface area (Å²) < 4.78 is 20.4. The third kappa shape index (κ3) is 8.03. The van der Waals surface area contributed by atoms with Crippen LogP contribution in [-0.4, -0.2) is 35.9 Å². The summed E-state index contributed by atoms with van der Waals surface area (Å²) in [5, 5.41) is 0. The van der Waals surface area contributed by atoms with Crippen LogP contribution in [0.4, 0.5) is 10.1 Å². The van der Waals surface area contributed by atoms with E-state index in [1.165, 1.54) is 18.4 Å². The number of nitrogens with zero attached hydrogens (tertiary/aromatic N) is 1. The van der Waals surface area contributed by atoms with E-state index in [9.17, 15) is 9.18 Å². The van der Waals surface area contributed by atoms with Crippen molar-refractivity contribution in [1.29, 1.82) is 0 Å². The van der Waals surface area contributed by atoms with Gasteiger partial charge in [-0.15, -0.1) is 0 Å². The van der Waals surface area contributed by atoms with Crippen LogP contribution in [0.1, 0.15) is 75.0 Å². The summed E-state index contributed by atoms with van der Waals surface area (Å²) in [4.78, 5) is 16.6. The van der Waals surface area contributed by atoms with Crippen LogP contribution in [0.15, 0.2) is 66.1 Å². The summed E-state index contributed by atoms with van der Waals surface area (Å²) in [5.41, 5.74) is 16.8. The average molecular weight is 574 g/mol. The summed E-state index contributed by atoms with van der Waals surface area (Å²) in [5.74, 6) is 1.00. The first-order chi connectivity index (χ1) is 20.2. The van der Waals surface area contributed by atoms with Gasteiger partial charge in [-0.1, -0.05) is 31.2 Å². The average Bonchev–Trinajstić information content (AvgIpc) is 3.69. The summed E-state index contributed by atoms with van der Waals surface area (Å²) in [7, 11) is 0. The molecule has 1 saturated heterocycles. The van der Waals surface area contributed by atoms with Gasteiger partial charge >= 0.3 is 0 Å². The topological polar surface area (TPSA) is 81.6 Å².